The standard InChI is InChI=1S/C20H31N3O3S/c1-15-10-16(2)14-23(13-15)27(25,26)19-5-3-4-18(11-19)20(24)22-9-7-17-6-8-21-12-17/h3-5,11,15-17,21H,6-10,12-14H2,1-2H3,(H,22,24). The summed E-state index contributed by atoms with van der Waals surface area (Å²) in [4.78, 5) is 12.6. The Hall–Kier alpha value is -1.44. The fraction of sp³-hybridized carbons (Fsp3) is 0.650. The summed E-state index contributed by atoms with van der Waals surface area (Å²) in [5.74, 6) is 1.10. The second-order valence-corrected chi connectivity index (χ2v) is 10.1. The van der Waals surface area contributed by atoms with Crippen LogP contribution in [-0.4, -0.2) is 51.4 Å². The molecule has 1 amide bonds. The summed E-state index contributed by atoms with van der Waals surface area (Å²) in [7, 11) is -3.57. The first-order valence-electron chi connectivity index (χ1n) is 9.95. The van der Waals surface area contributed by atoms with Crippen LogP contribution in [0.3, 0.4) is 0 Å². The quantitative estimate of drug-likeness (QED) is 0.776. The first kappa shape index (κ1) is 20.3. The zero-order valence-corrected chi connectivity index (χ0v) is 17.1. The second-order valence-electron chi connectivity index (χ2n) is 8.20. The Bertz CT molecular complexity index is 749. The number of amides is 1. The van der Waals surface area contributed by atoms with Crippen LogP contribution >= 0.6 is 0 Å². The van der Waals surface area contributed by atoms with Crippen molar-refractivity contribution in [3.63, 3.8) is 0 Å². The third-order valence-corrected chi connectivity index (χ3v) is 7.40. The molecule has 150 valence electrons. The van der Waals surface area contributed by atoms with Gasteiger partial charge >= 0.3 is 0 Å². The van der Waals surface area contributed by atoms with E-state index < -0.39 is 10.0 Å². The Morgan fingerprint density at radius 2 is 2.00 bits per heavy atom. The first-order valence-corrected chi connectivity index (χ1v) is 11.4. The maximum atomic E-state index is 13.0. The minimum Gasteiger partial charge on any atom is -0.352 e. The number of carbonyl (C=O) groups is 1. The van der Waals surface area contributed by atoms with Gasteiger partial charge in [-0.3, -0.25) is 4.79 Å². The van der Waals surface area contributed by atoms with Gasteiger partial charge in [0.2, 0.25) is 10.0 Å². The smallest absolute Gasteiger partial charge is 0.251 e. The molecular formula is C20H31N3O3S. The first-order chi connectivity index (χ1) is 12.9. The maximum Gasteiger partial charge on any atom is 0.251 e. The predicted molar refractivity (Wildman–Crippen MR) is 106 cm³/mol. The highest BCUT2D eigenvalue weighted by Crippen LogP contribution is 2.27. The van der Waals surface area contributed by atoms with E-state index in [4.69, 9.17) is 0 Å². The van der Waals surface area contributed by atoms with Crippen molar-refractivity contribution >= 4 is 15.9 Å². The van der Waals surface area contributed by atoms with Crippen LogP contribution in [0.4, 0.5) is 0 Å². The van der Waals surface area contributed by atoms with E-state index in [2.05, 4.69) is 24.5 Å². The second kappa shape index (κ2) is 8.71. The third kappa shape index (κ3) is 5.09. The van der Waals surface area contributed by atoms with Gasteiger partial charge in [-0.05, 0) is 68.3 Å². The fourth-order valence-corrected chi connectivity index (χ4v) is 5.93. The molecule has 1 aromatic carbocycles. The van der Waals surface area contributed by atoms with Crippen molar-refractivity contribution in [1.29, 1.82) is 0 Å². The molecule has 0 saturated carbocycles. The summed E-state index contributed by atoms with van der Waals surface area (Å²) in [5, 5.41) is 6.24. The molecule has 0 radical (unpaired) electrons. The van der Waals surface area contributed by atoms with Crippen LogP contribution < -0.4 is 10.6 Å². The van der Waals surface area contributed by atoms with Gasteiger partial charge in [-0.15, -0.1) is 0 Å². The van der Waals surface area contributed by atoms with Gasteiger partial charge in [-0.2, -0.15) is 4.31 Å². The Kier molecular flexibility index (Phi) is 6.55. The number of piperidine rings is 1. The topological polar surface area (TPSA) is 78.5 Å². The van der Waals surface area contributed by atoms with E-state index in [1.165, 1.54) is 6.07 Å². The van der Waals surface area contributed by atoms with Gasteiger partial charge < -0.3 is 10.6 Å². The molecule has 0 bridgehead atoms. The molecule has 2 aliphatic rings. The lowest BCUT2D eigenvalue weighted by Gasteiger charge is -2.34. The highest BCUT2D eigenvalue weighted by molar-refractivity contribution is 7.89. The summed E-state index contributed by atoms with van der Waals surface area (Å²) in [6.45, 7) is 7.92. The highest BCUT2D eigenvalue weighted by atomic mass is 32.2. The van der Waals surface area contributed by atoms with Crippen LogP contribution in [0.5, 0.6) is 0 Å². The molecule has 0 aromatic heterocycles. The molecule has 0 aliphatic carbocycles. The van der Waals surface area contributed by atoms with E-state index in [-0.39, 0.29) is 10.8 Å². The van der Waals surface area contributed by atoms with Gasteiger partial charge in [0.25, 0.3) is 5.91 Å². The van der Waals surface area contributed by atoms with Crippen LogP contribution in [0.15, 0.2) is 29.2 Å². The number of nitrogens with one attached hydrogen (secondary N) is 2. The Labute approximate surface area is 162 Å². The molecule has 3 rings (SSSR count). The van der Waals surface area contributed by atoms with Crippen molar-refractivity contribution in [2.75, 3.05) is 32.7 Å². The van der Waals surface area contributed by atoms with Crippen molar-refractivity contribution < 1.29 is 13.2 Å². The lowest BCUT2D eigenvalue weighted by molar-refractivity contribution is 0.0951. The molecule has 7 heteroatoms. The van der Waals surface area contributed by atoms with Gasteiger partial charge in [0.1, 0.15) is 0 Å². The number of hydrogen-bond donors (Lipinski definition) is 2. The van der Waals surface area contributed by atoms with Crippen LogP contribution in [0, 0.1) is 17.8 Å². The number of nitrogens with zero attached hydrogens (tertiary/aromatic N) is 1. The van der Waals surface area contributed by atoms with Crippen molar-refractivity contribution in [3.8, 4) is 0 Å². The largest absolute Gasteiger partial charge is 0.352 e. The van der Waals surface area contributed by atoms with Gasteiger partial charge in [-0.1, -0.05) is 19.9 Å². The molecule has 27 heavy (non-hydrogen) atoms. The van der Waals surface area contributed by atoms with Crippen molar-refractivity contribution in [2.24, 2.45) is 17.8 Å². The molecule has 2 aliphatic heterocycles. The zero-order chi connectivity index (χ0) is 19.4. The monoisotopic (exact) mass is 393 g/mol. The van der Waals surface area contributed by atoms with Gasteiger partial charge in [0, 0.05) is 25.2 Å². The summed E-state index contributed by atoms with van der Waals surface area (Å²) < 4.78 is 27.6. The lowest BCUT2D eigenvalue weighted by Crippen LogP contribution is -2.42. The molecule has 3 atom stereocenters. The van der Waals surface area contributed by atoms with E-state index >= 15 is 0 Å². The molecule has 3 unspecified atom stereocenters. The molecule has 2 heterocycles. The van der Waals surface area contributed by atoms with Crippen LogP contribution in [0.2, 0.25) is 0 Å². The van der Waals surface area contributed by atoms with E-state index in [0.29, 0.717) is 43.0 Å². The summed E-state index contributed by atoms with van der Waals surface area (Å²) in [6.07, 6.45) is 3.14. The summed E-state index contributed by atoms with van der Waals surface area (Å²) >= 11 is 0. The maximum absolute atomic E-state index is 13.0. The molecule has 1 aromatic rings. The molecule has 0 spiro atoms. The number of hydrogen-bond acceptors (Lipinski definition) is 4. The van der Waals surface area contributed by atoms with Crippen LogP contribution in [0.25, 0.3) is 0 Å². The fourth-order valence-electron chi connectivity index (χ4n) is 4.20. The normalized spacial score (nSPS) is 26.8. The van der Waals surface area contributed by atoms with E-state index in [9.17, 15) is 13.2 Å². The van der Waals surface area contributed by atoms with Crippen LogP contribution in [-0.2, 0) is 10.0 Å². The number of rotatable bonds is 6. The molecule has 2 N–H and O–H groups in total. The highest BCUT2D eigenvalue weighted by Gasteiger charge is 2.32. The van der Waals surface area contributed by atoms with E-state index in [1.807, 2.05) is 0 Å². The number of sulfonamides is 1. The van der Waals surface area contributed by atoms with Crippen molar-refractivity contribution in [3.05, 3.63) is 29.8 Å². The van der Waals surface area contributed by atoms with E-state index in [0.717, 1.165) is 32.4 Å². The molecular weight excluding hydrogens is 362 g/mol. The molecule has 2 fully saturated rings. The minimum absolute atomic E-state index is 0.205. The zero-order valence-electron chi connectivity index (χ0n) is 16.3. The lowest BCUT2D eigenvalue weighted by atomic mass is 9.94. The van der Waals surface area contributed by atoms with Gasteiger partial charge in [-0.25, -0.2) is 8.42 Å². The Morgan fingerprint density at radius 1 is 1.26 bits per heavy atom. The van der Waals surface area contributed by atoms with Crippen LogP contribution in [0.1, 0.15) is 43.5 Å². The summed E-state index contributed by atoms with van der Waals surface area (Å²) in [6, 6.07) is 6.42. The van der Waals surface area contributed by atoms with Gasteiger partial charge in [0.05, 0.1) is 4.90 Å². The number of carbonyl (C=O) groups excluding carboxylic acids is 1. The average Bonchev–Trinajstić information content (AvgIpc) is 3.14. The van der Waals surface area contributed by atoms with Gasteiger partial charge in [0.15, 0.2) is 0 Å². The predicted octanol–water partition coefficient (Wildman–Crippen LogP) is 2.08. The van der Waals surface area contributed by atoms with Crippen molar-refractivity contribution in [2.45, 2.75) is 38.0 Å². The molecule has 6 nitrogen and oxygen atoms in total. The number of benzene rings is 1. The average molecular weight is 394 g/mol. The third-order valence-electron chi connectivity index (χ3n) is 5.57. The minimum atomic E-state index is -3.57. The SMILES string of the molecule is CC1CC(C)CN(S(=O)(=O)c2cccc(C(=O)NCCC3CCNC3)c2)C1. The summed E-state index contributed by atoms with van der Waals surface area (Å²) in [5.41, 5.74) is 0.402. The molecule has 2 saturated heterocycles. The Morgan fingerprint density at radius 3 is 2.67 bits per heavy atom. The Balaban J connectivity index is 1.65. The van der Waals surface area contributed by atoms with E-state index in [1.54, 1.807) is 22.5 Å². The van der Waals surface area contributed by atoms with Crippen molar-refractivity contribution in [1.82, 2.24) is 14.9 Å².